The lowest BCUT2D eigenvalue weighted by Gasteiger charge is -2.26. The summed E-state index contributed by atoms with van der Waals surface area (Å²) in [6.45, 7) is 4.47. The van der Waals surface area contributed by atoms with Crippen LogP contribution in [0.5, 0.6) is 0 Å². The summed E-state index contributed by atoms with van der Waals surface area (Å²) in [5, 5.41) is 0. The van der Waals surface area contributed by atoms with Gasteiger partial charge >= 0.3 is 0 Å². The summed E-state index contributed by atoms with van der Waals surface area (Å²) in [6.07, 6.45) is 3.72. The Hall–Kier alpha value is -1.43. The molecular weight excluding hydrogens is 236 g/mol. The molecule has 0 fully saturated rings. The van der Waals surface area contributed by atoms with E-state index in [1.165, 1.54) is 0 Å². The van der Waals surface area contributed by atoms with Gasteiger partial charge in [-0.25, -0.2) is 4.98 Å². The Labute approximate surface area is 107 Å². The van der Waals surface area contributed by atoms with E-state index in [2.05, 4.69) is 4.98 Å². The van der Waals surface area contributed by atoms with Gasteiger partial charge in [-0.2, -0.15) is 0 Å². The molecule has 0 unspecified atom stereocenters. The number of amides is 1. The summed E-state index contributed by atoms with van der Waals surface area (Å²) >= 11 is 4.84. The maximum atomic E-state index is 12.3. The Balaban J connectivity index is 2.81. The van der Waals surface area contributed by atoms with E-state index >= 15 is 0 Å². The van der Waals surface area contributed by atoms with Gasteiger partial charge in [0, 0.05) is 26.1 Å². The van der Waals surface area contributed by atoms with Gasteiger partial charge in [0.15, 0.2) is 0 Å². The Morgan fingerprint density at radius 2 is 2.29 bits per heavy atom. The molecule has 6 heteroatoms. The van der Waals surface area contributed by atoms with Crippen LogP contribution in [-0.2, 0) is 7.05 Å². The molecule has 0 bridgehead atoms. The number of hydrogen-bond donors (Lipinski definition) is 1. The third-order valence-electron chi connectivity index (χ3n) is 2.52. The minimum Gasteiger partial charge on any atom is -0.393 e. The third kappa shape index (κ3) is 3.52. The Kier molecular flexibility index (Phi) is 4.62. The molecule has 0 spiro atoms. The molecule has 1 heterocycles. The summed E-state index contributed by atoms with van der Waals surface area (Å²) < 4.78 is 1.71. The van der Waals surface area contributed by atoms with Gasteiger partial charge < -0.3 is 15.2 Å². The zero-order chi connectivity index (χ0) is 13.0. The molecule has 0 aliphatic heterocycles. The molecular formula is C11H18N4OS. The highest BCUT2D eigenvalue weighted by Crippen LogP contribution is 2.08. The molecule has 17 heavy (non-hydrogen) atoms. The maximum Gasteiger partial charge on any atom is 0.272 e. The van der Waals surface area contributed by atoms with Gasteiger partial charge in [0.05, 0.1) is 17.5 Å². The summed E-state index contributed by atoms with van der Waals surface area (Å²) in [7, 11) is 1.80. The van der Waals surface area contributed by atoms with E-state index in [4.69, 9.17) is 18.0 Å². The first-order valence-corrected chi connectivity index (χ1v) is 5.90. The fourth-order valence-corrected chi connectivity index (χ4v) is 1.63. The van der Waals surface area contributed by atoms with Gasteiger partial charge in [-0.3, -0.25) is 4.79 Å². The average Bonchev–Trinajstić information content (AvgIpc) is 2.63. The first-order valence-electron chi connectivity index (χ1n) is 5.49. The van der Waals surface area contributed by atoms with Crippen LogP contribution in [0.3, 0.4) is 0 Å². The van der Waals surface area contributed by atoms with Crippen LogP contribution >= 0.6 is 12.2 Å². The van der Waals surface area contributed by atoms with Gasteiger partial charge in [-0.1, -0.05) is 12.2 Å². The lowest BCUT2D eigenvalue weighted by molar-refractivity contribution is 0.0702. The van der Waals surface area contributed by atoms with Crippen LogP contribution in [0.25, 0.3) is 0 Å². The van der Waals surface area contributed by atoms with Gasteiger partial charge in [-0.05, 0) is 13.8 Å². The van der Waals surface area contributed by atoms with Gasteiger partial charge in [0.1, 0.15) is 5.69 Å². The number of nitrogens with two attached hydrogens (primary N) is 1. The fourth-order valence-electron chi connectivity index (χ4n) is 1.54. The minimum absolute atomic E-state index is 0.0451. The summed E-state index contributed by atoms with van der Waals surface area (Å²) in [5.74, 6) is -0.0451. The SMILES string of the molecule is CC(C)N(CCC(N)=S)C(=O)c1cncn1C. The number of carbonyl (C=O) groups excluding carboxylic acids is 1. The van der Waals surface area contributed by atoms with E-state index < -0.39 is 0 Å². The smallest absolute Gasteiger partial charge is 0.272 e. The maximum absolute atomic E-state index is 12.3. The quantitative estimate of drug-likeness (QED) is 0.795. The van der Waals surface area contributed by atoms with E-state index in [1.54, 1.807) is 29.0 Å². The second-order valence-electron chi connectivity index (χ2n) is 4.20. The standard InChI is InChI=1S/C11H18N4OS/c1-8(2)15(5-4-10(12)17)11(16)9-6-13-7-14(9)3/h6-8H,4-5H2,1-3H3,(H2,12,17). The molecule has 0 radical (unpaired) electrons. The summed E-state index contributed by atoms with van der Waals surface area (Å²) in [4.78, 5) is 18.4. The molecule has 1 rings (SSSR count). The first kappa shape index (κ1) is 13.6. The largest absolute Gasteiger partial charge is 0.393 e. The van der Waals surface area contributed by atoms with Crippen molar-refractivity contribution in [3.63, 3.8) is 0 Å². The lowest BCUT2D eigenvalue weighted by Crippen LogP contribution is -2.39. The fraction of sp³-hybridized carbons (Fsp3) is 0.545. The van der Waals surface area contributed by atoms with Crippen LogP contribution in [0.1, 0.15) is 30.8 Å². The predicted molar refractivity (Wildman–Crippen MR) is 70.8 cm³/mol. The zero-order valence-electron chi connectivity index (χ0n) is 10.4. The number of thiocarbonyl (C=S) groups is 1. The lowest BCUT2D eigenvalue weighted by atomic mass is 10.2. The van der Waals surface area contributed by atoms with Crippen LogP contribution < -0.4 is 5.73 Å². The van der Waals surface area contributed by atoms with Crippen molar-refractivity contribution in [3.8, 4) is 0 Å². The van der Waals surface area contributed by atoms with E-state index in [-0.39, 0.29) is 11.9 Å². The van der Waals surface area contributed by atoms with Crippen LogP contribution in [0.15, 0.2) is 12.5 Å². The average molecular weight is 254 g/mol. The van der Waals surface area contributed by atoms with E-state index in [0.717, 1.165) is 0 Å². The van der Waals surface area contributed by atoms with Crippen LogP contribution in [0.2, 0.25) is 0 Å². The van der Waals surface area contributed by atoms with E-state index in [0.29, 0.717) is 23.6 Å². The number of aromatic nitrogens is 2. The third-order valence-corrected chi connectivity index (χ3v) is 2.72. The summed E-state index contributed by atoms with van der Waals surface area (Å²) in [6, 6.07) is 0.103. The highest BCUT2D eigenvalue weighted by molar-refractivity contribution is 7.80. The van der Waals surface area contributed by atoms with Gasteiger partial charge in [0.2, 0.25) is 0 Å². The molecule has 2 N–H and O–H groups in total. The van der Waals surface area contributed by atoms with Crippen molar-refractivity contribution >= 4 is 23.1 Å². The second-order valence-corrected chi connectivity index (χ2v) is 4.72. The van der Waals surface area contributed by atoms with Crippen molar-refractivity contribution in [2.45, 2.75) is 26.3 Å². The highest BCUT2D eigenvalue weighted by Gasteiger charge is 2.20. The molecule has 1 amide bonds. The molecule has 1 aromatic rings. The number of aryl methyl sites for hydroxylation is 1. The van der Waals surface area contributed by atoms with E-state index in [9.17, 15) is 4.79 Å². The van der Waals surface area contributed by atoms with Crippen molar-refractivity contribution in [1.82, 2.24) is 14.5 Å². The molecule has 0 saturated heterocycles. The monoisotopic (exact) mass is 254 g/mol. The molecule has 0 saturated carbocycles. The van der Waals surface area contributed by atoms with Crippen LogP contribution in [0.4, 0.5) is 0 Å². The number of hydrogen-bond acceptors (Lipinski definition) is 3. The van der Waals surface area contributed by atoms with Crippen molar-refractivity contribution in [2.24, 2.45) is 12.8 Å². The molecule has 5 nitrogen and oxygen atoms in total. The Morgan fingerprint density at radius 3 is 2.71 bits per heavy atom. The number of rotatable bonds is 5. The van der Waals surface area contributed by atoms with Crippen molar-refractivity contribution in [2.75, 3.05) is 6.54 Å². The van der Waals surface area contributed by atoms with Crippen molar-refractivity contribution in [1.29, 1.82) is 0 Å². The molecule has 0 aromatic carbocycles. The van der Waals surface area contributed by atoms with Crippen LogP contribution in [-0.4, -0.2) is 37.9 Å². The van der Waals surface area contributed by atoms with Crippen LogP contribution in [0, 0.1) is 0 Å². The molecule has 94 valence electrons. The number of nitrogens with zero attached hydrogens (tertiary/aromatic N) is 3. The first-order chi connectivity index (χ1) is 7.93. The number of imidazole rings is 1. The van der Waals surface area contributed by atoms with Gasteiger partial charge in [0.25, 0.3) is 5.91 Å². The molecule has 0 aliphatic carbocycles. The second kappa shape index (κ2) is 5.77. The Bertz CT molecular complexity index is 413. The van der Waals surface area contributed by atoms with Gasteiger partial charge in [-0.15, -0.1) is 0 Å². The highest BCUT2D eigenvalue weighted by atomic mass is 32.1. The zero-order valence-corrected chi connectivity index (χ0v) is 11.2. The van der Waals surface area contributed by atoms with Crippen molar-refractivity contribution in [3.05, 3.63) is 18.2 Å². The van der Waals surface area contributed by atoms with E-state index in [1.807, 2.05) is 13.8 Å². The summed E-state index contributed by atoms with van der Waals surface area (Å²) in [5.41, 5.74) is 6.04. The molecule has 0 aliphatic rings. The normalized spacial score (nSPS) is 10.6. The molecule has 0 atom stereocenters. The minimum atomic E-state index is -0.0451. The molecule has 1 aromatic heterocycles. The van der Waals surface area contributed by atoms with Crippen molar-refractivity contribution < 1.29 is 4.79 Å². The topological polar surface area (TPSA) is 64.2 Å². The Morgan fingerprint density at radius 1 is 1.65 bits per heavy atom. The number of carbonyl (C=O) groups is 1. The predicted octanol–water partition coefficient (Wildman–Crippen LogP) is 0.947.